The van der Waals surface area contributed by atoms with Gasteiger partial charge in [0.25, 0.3) is 5.91 Å². The summed E-state index contributed by atoms with van der Waals surface area (Å²) >= 11 is 0. The first kappa shape index (κ1) is 22.2. The average molecular weight is 427 g/mol. The maximum Gasteiger partial charge on any atom is 0.310 e. The molecule has 0 radical (unpaired) electrons. The molecule has 164 valence electrons. The summed E-state index contributed by atoms with van der Waals surface area (Å²) in [5.74, 6) is -2.19. The Hall–Kier alpha value is -3.49. The van der Waals surface area contributed by atoms with Gasteiger partial charge in [-0.05, 0) is 31.0 Å². The van der Waals surface area contributed by atoms with Crippen LogP contribution in [0.1, 0.15) is 35.3 Å². The van der Waals surface area contributed by atoms with Gasteiger partial charge in [-0.15, -0.1) is 0 Å². The summed E-state index contributed by atoms with van der Waals surface area (Å²) in [4.78, 5) is 33.9. The van der Waals surface area contributed by atoms with Crippen molar-refractivity contribution in [2.24, 2.45) is 13.0 Å². The van der Waals surface area contributed by atoms with Gasteiger partial charge in [0.05, 0.1) is 29.0 Å². The number of amides is 1. The fourth-order valence-corrected chi connectivity index (χ4v) is 3.45. The lowest BCUT2D eigenvalue weighted by atomic mass is 9.98. The molecule has 31 heavy (non-hydrogen) atoms. The zero-order valence-electron chi connectivity index (χ0n) is 18.2. The molecule has 4 rings (SSSR count). The summed E-state index contributed by atoms with van der Waals surface area (Å²) < 4.78 is 17.0. The van der Waals surface area contributed by atoms with Crippen LogP contribution in [0.25, 0.3) is 11.0 Å². The highest BCUT2D eigenvalue weighted by Crippen LogP contribution is 2.33. The first-order chi connectivity index (χ1) is 14.8. The predicted molar refractivity (Wildman–Crippen MR) is 116 cm³/mol. The van der Waals surface area contributed by atoms with E-state index in [0.717, 1.165) is 11.1 Å². The number of aromatic nitrogens is 3. The summed E-state index contributed by atoms with van der Waals surface area (Å²) in [6.07, 6.45) is 3.13. The highest BCUT2D eigenvalue weighted by Gasteiger charge is 2.37. The second-order valence-corrected chi connectivity index (χ2v) is 7.38. The molecule has 0 atom stereocenters. The van der Waals surface area contributed by atoms with Gasteiger partial charge >= 0.3 is 5.97 Å². The van der Waals surface area contributed by atoms with Crippen LogP contribution in [-0.2, 0) is 11.8 Å². The number of anilines is 2. The van der Waals surface area contributed by atoms with Crippen LogP contribution < -0.4 is 5.32 Å². The Morgan fingerprint density at radius 3 is 2.48 bits per heavy atom. The van der Waals surface area contributed by atoms with Gasteiger partial charge in [0, 0.05) is 26.3 Å². The summed E-state index contributed by atoms with van der Waals surface area (Å²) in [6.45, 7) is 7.94. The molecule has 0 unspecified atom stereocenters. The maximum absolute atomic E-state index is 15.4. The topological polar surface area (TPSA) is 100 Å². The van der Waals surface area contributed by atoms with Gasteiger partial charge in [-0.2, -0.15) is 0 Å². The molecular weight excluding hydrogens is 401 g/mol. The van der Waals surface area contributed by atoms with E-state index in [9.17, 15) is 9.59 Å². The third-order valence-electron chi connectivity index (χ3n) is 5.17. The van der Waals surface area contributed by atoms with Gasteiger partial charge in [-0.25, -0.2) is 14.4 Å². The molecule has 1 aliphatic rings. The third-order valence-corrected chi connectivity index (χ3v) is 5.17. The minimum atomic E-state index is -0.944. The van der Waals surface area contributed by atoms with Gasteiger partial charge in [0.1, 0.15) is 11.3 Å². The minimum absolute atomic E-state index is 0.0144. The second-order valence-electron chi connectivity index (χ2n) is 7.38. The number of aryl methyl sites for hydroxylation is 3. The Kier molecular flexibility index (Phi) is 6.24. The van der Waals surface area contributed by atoms with E-state index in [0.29, 0.717) is 11.3 Å². The van der Waals surface area contributed by atoms with E-state index in [1.165, 1.54) is 11.2 Å². The van der Waals surface area contributed by atoms with Gasteiger partial charge in [0.15, 0.2) is 5.82 Å². The molecule has 1 saturated heterocycles. The molecule has 0 spiro atoms. The Labute approximate surface area is 179 Å². The molecule has 2 N–H and O–H groups in total. The van der Waals surface area contributed by atoms with Crippen molar-refractivity contribution in [3.05, 3.63) is 47.2 Å². The number of benzene rings is 1. The summed E-state index contributed by atoms with van der Waals surface area (Å²) in [6, 6.07) is 3.48. The van der Waals surface area contributed by atoms with Crippen LogP contribution in [0.15, 0.2) is 24.7 Å². The molecule has 1 fully saturated rings. The van der Waals surface area contributed by atoms with Crippen molar-refractivity contribution < 1.29 is 19.1 Å². The van der Waals surface area contributed by atoms with E-state index < -0.39 is 23.6 Å². The van der Waals surface area contributed by atoms with Crippen LogP contribution in [0.2, 0.25) is 0 Å². The molecule has 1 amide bonds. The average Bonchev–Trinajstić information content (AvgIpc) is 3.06. The van der Waals surface area contributed by atoms with E-state index in [4.69, 9.17) is 5.11 Å². The van der Waals surface area contributed by atoms with Crippen LogP contribution in [-0.4, -0.2) is 49.5 Å². The first-order valence-electron chi connectivity index (χ1n) is 10.1. The Morgan fingerprint density at radius 2 is 1.87 bits per heavy atom. The monoisotopic (exact) mass is 427 g/mol. The molecular formula is C22H26FN5O3. The molecule has 3 heterocycles. The van der Waals surface area contributed by atoms with E-state index in [1.54, 1.807) is 23.9 Å². The zero-order chi connectivity index (χ0) is 22.9. The van der Waals surface area contributed by atoms with Crippen LogP contribution in [0.5, 0.6) is 0 Å². The summed E-state index contributed by atoms with van der Waals surface area (Å²) in [5.41, 5.74) is 2.48. The number of carbonyl (C=O) groups excluding carboxylic acids is 1. The number of pyridine rings is 1. The molecule has 2 aromatic heterocycles. The lowest BCUT2D eigenvalue weighted by Crippen LogP contribution is -2.53. The second kappa shape index (κ2) is 8.71. The largest absolute Gasteiger partial charge is 0.481 e. The van der Waals surface area contributed by atoms with E-state index >= 15 is 4.39 Å². The zero-order valence-corrected chi connectivity index (χ0v) is 18.2. The smallest absolute Gasteiger partial charge is 0.310 e. The Morgan fingerprint density at radius 1 is 1.19 bits per heavy atom. The number of rotatable bonds is 4. The van der Waals surface area contributed by atoms with Crippen molar-refractivity contribution >= 4 is 34.4 Å². The first-order valence-corrected chi connectivity index (χ1v) is 10.1. The fourth-order valence-electron chi connectivity index (χ4n) is 3.45. The number of fused-ring (bicyclic) bond motifs is 1. The van der Waals surface area contributed by atoms with Gasteiger partial charge in [-0.1, -0.05) is 19.9 Å². The SMILES string of the molecule is CC.Cc1cnc(Nc2c(C(=O)N3CC(C(=O)O)C3)cc3c(ncn3C)c2F)c(C)c1. The summed E-state index contributed by atoms with van der Waals surface area (Å²) in [7, 11) is 1.71. The molecule has 0 aliphatic carbocycles. The number of halogens is 1. The number of carbonyl (C=O) groups is 2. The van der Waals surface area contributed by atoms with E-state index in [2.05, 4.69) is 15.3 Å². The molecule has 9 heteroatoms. The number of imidazole rings is 1. The number of hydrogen-bond donors (Lipinski definition) is 2. The Balaban J connectivity index is 0.00000132. The molecule has 8 nitrogen and oxygen atoms in total. The Bertz CT molecular complexity index is 1150. The van der Waals surface area contributed by atoms with Crippen LogP contribution in [0.4, 0.5) is 15.9 Å². The van der Waals surface area contributed by atoms with Crippen molar-refractivity contribution in [1.82, 2.24) is 19.4 Å². The lowest BCUT2D eigenvalue weighted by molar-refractivity contribution is -0.146. The van der Waals surface area contributed by atoms with Crippen molar-refractivity contribution in [3.63, 3.8) is 0 Å². The number of nitrogens with one attached hydrogen (secondary N) is 1. The van der Waals surface area contributed by atoms with E-state index in [1.807, 2.05) is 33.8 Å². The molecule has 1 aromatic carbocycles. The van der Waals surface area contributed by atoms with Crippen molar-refractivity contribution in [2.45, 2.75) is 27.7 Å². The van der Waals surface area contributed by atoms with E-state index in [-0.39, 0.29) is 29.9 Å². The minimum Gasteiger partial charge on any atom is -0.481 e. The predicted octanol–water partition coefficient (Wildman–Crippen LogP) is 3.65. The van der Waals surface area contributed by atoms with Gasteiger partial charge in [-0.3, -0.25) is 9.59 Å². The van der Waals surface area contributed by atoms with Crippen molar-refractivity contribution in [2.75, 3.05) is 18.4 Å². The highest BCUT2D eigenvalue weighted by molar-refractivity contribution is 6.05. The number of aliphatic carboxylic acids is 1. The molecule has 0 bridgehead atoms. The number of carboxylic acid groups (broad SMARTS) is 1. The summed E-state index contributed by atoms with van der Waals surface area (Å²) in [5, 5.41) is 12.0. The molecule has 0 saturated carbocycles. The normalized spacial score (nSPS) is 13.4. The maximum atomic E-state index is 15.4. The third kappa shape index (κ3) is 4.08. The fraction of sp³-hybridized carbons (Fsp3) is 0.364. The number of likely N-dealkylation sites (tertiary alicyclic amines) is 1. The quantitative estimate of drug-likeness (QED) is 0.659. The highest BCUT2D eigenvalue weighted by atomic mass is 19.1. The van der Waals surface area contributed by atoms with Crippen molar-refractivity contribution in [3.8, 4) is 0 Å². The number of carboxylic acids is 1. The number of nitrogens with zero attached hydrogens (tertiary/aromatic N) is 4. The lowest BCUT2D eigenvalue weighted by Gasteiger charge is -2.37. The van der Waals surface area contributed by atoms with Crippen LogP contribution in [0.3, 0.4) is 0 Å². The van der Waals surface area contributed by atoms with Crippen LogP contribution in [0, 0.1) is 25.6 Å². The molecule has 3 aromatic rings. The number of hydrogen-bond acceptors (Lipinski definition) is 5. The van der Waals surface area contributed by atoms with Crippen molar-refractivity contribution in [1.29, 1.82) is 0 Å². The van der Waals surface area contributed by atoms with Gasteiger partial charge < -0.3 is 19.9 Å². The van der Waals surface area contributed by atoms with Crippen LogP contribution >= 0.6 is 0 Å². The molecule has 1 aliphatic heterocycles. The van der Waals surface area contributed by atoms with Gasteiger partial charge in [0.2, 0.25) is 0 Å². The standard InChI is InChI=1S/C20H20FN5O3.C2H6/c1-10-4-11(2)18(22-6-10)24-16-13(19(27)26-7-12(8-26)20(28)29)5-14-17(15(16)21)23-9-25(14)3;1-2/h4-6,9,12H,7-8H2,1-3H3,(H,22,24)(H,28,29);1-2H3.